The van der Waals surface area contributed by atoms with Crippen LogP contribution in [0.25, 0.3) is 11.4 Å². The van der Waals surface area contributed by atoms with Gasteiger partial charge in [0.2, 0.25) is 5.82 Å². The maximum atomic E-state index is 5.85. The van der Waals surface area contributed by atoms with Gasteiger partial charge in [0.15, 0.2) is 0 Å². The van der Waals surface area contributed by atoms with Gasteiger partial charge in [-0.2, -0.15) is 10.0 Å². The van der Waals surface area contributed by atoms with Gasteiger partial charge in [-0.25, -0.2) is 0 Å². The highest BCUT2D eigenvalue weighted by molar-refractivity contribution is 6.30. The van der Waals surface area contributed by atoms with Crippen molar-refractivity contribution in [1.82, 2.24) is 40.8 Å². The number of tetrazole rings is 2. The summed E-state index contributed by atoms with van der Waals surface area (Å²) >= 11 is 5.85. The summed E-state index contributed by atoms with van der Waals surface area (Å²) < 4.78 is 0. The van der Waals surface area contributed by atoms with E-state index in [-0.39, 0.29) is 0 Å². The van der Waals surface area contributed by atoms with Crippen molar-refractivity contribution < 1.29 is 0 Å². The molecule has 2 aromatic heterocycles. The highest BCUT2D eigenvalue weighted by Gasteiger charge is 2.05. The lowest BCUT2D eigenvalue weighted by atomic mass is 10.2. The Kier molecular flexibility index (Phi) is 4.15. The minimum atomic E-state index is 0.597. The van der Waals surface area contributed by atoms with Gasteiger partial charge in [0.1, 0.15) is 0 Å². The van der Waals surface area contributed by atoms with E-state index < -0.39 is 0 Å². The van der Waals surface area contributed by atoms with Gasteiger partial charge in [0.05, 0.1) is 6.54 Å². The van der Waals surface area contributed by atoms with Gasteiger partial charge in [0.25, 0.3) is 0 Å². The topological polar surface area (TPSA) is 96.4 Å². The SMILES string of the molecule is Clc1ccc(-c2nnn(CCCCc3nnn[n-]3)n2)cc1. The predicted octanol–water partition coefficient (Wildman–Crippen LogP) is 1.16. The Hall–Kier alpha value is -2.35. The van der Waals surface area contributed by atoms with Crippen molar-refractivity contribution >= 4 is 11.6 Å². The number of rotatable bonds is 6. The van der Waals surface area contributed by atoms with Gasteiger partial charge >= 0.3 is 0 Å². The van der Waals surface area contributed by atoms with Crippen LogP contribution in [-0.2, 0) is 13.0 Å². The predicted molar refractivity (Wildman–Crippen MR) is 74.3 cm³/mol. The average molecular weight is 304 g/mol. The molecule has 0 saturated carbocycles. The quantitative estimate of drug-likeness (QED) is 0.630. The minimum Gasteiger partial charge on any atom is -0.335 e. The van der Waals surface area contributed by atoms with E-state index in [1.54, 1.807) is 16.9 Å². The summed E-state index contributed by atoms with van der Waals surface area (Å²) in [6.45, 7) is 0.697. The number of hydrogen-bond donors (Lipinski definition) is 0. The Balaban J connectivity index is 1.52. The first-order chi connectivity index (χ1) is 10.3. The molecule has 9 heteroatoms. The van der Waals surface area contributed by atoms with Crippen molar-refractivity contribution in [2.24, 2.45) is 0 Å². The molecule has 0 unspecified atom stereocenters. The molecule has 2 heterocycles. The Labute approximate surface area is 125 Å². The third kappa shape index (κ3) is 3.60. The van der Waals surface area contributed by atoms with Crippen LogP contribution >= 0.6 is 11.6 Å². The second-order valence-electron chi connectivity index (χ2n) is 4.47. The molecule has 0 aliphatic heterocycles. The Morgan fingerprint density at radius 3 is 2.71 bits per heavy atom. The molecule has 0 bridgehead atoms. The smallest absolute Gasteiger partial charge is 0.204 e. The molecule has 0 saturated heterocycles. The van der Waals surface area contributed by atoms with Crippen molar-refractivity contribution in [3.05, 3.63) is 35.1 Å². The standard InChI is InChI=1S/C12H12ClN8/c13-10-6-4-9(5-7-10)12-16-20-21(17-12)8-2-1-3-11-14-18-19-15-11/h4-7H,1-3,8H2/q-1. The van der Waals surface area contributed by atoms with Crippen LogP contribution in [0.2, 0.25) is 5.02 Å². The number of benzene rings is 1. The molecule has 0 radical (unpaired) electrons. The molecule has 0 fully saturated rings. The lowest BCUT2D eigenvalue weighted by Crippen LogP contribution is -2.03. The van der Waals surface area contributed by atoms with E-state index in [1.165, 1.54) is 0 Å². The maximum absolute atomic E-state index is 5.85. The Morgan fingerprint density at radius 1 is 1.10 bits per heavy atom. The number of aryl methyl sites for hydroxylation is 2. The van der Waals surface area contributed by atoms with Gasteiger partial charge in [-0.15, -0.1) is 10.2 Å². The van der Waals surface area contributed by atoms with Crippen LogP contribution in [0.3, 0.4) is 0 Å². The molecule has 108 valence electrons. The molecule has 0 atom stereocenters. The van der Waals surface area contributed by atoms with Crippen molar-refractivity contribution in [2.45, 2.75) is 25.8 Å². The lowest BCUT2D eigenvalue weighted by molar-refractivity contribution is 0.486. The Morgan fingerprint density at radius 2 is 1.95 bits per heavy atom. The summed E-state index contributed by atoms with van der Waals surface area (Å²) in [5.41, 5.74) is 0.896. The van der Waals surface area contributed by atoms with Gasteiger partial charge in [-0.3, -0.25) is 10.3 Å². The summed E-state index contributed by atoms with van der Waals surface area (Å²) in [5.74, 6) is 1.27. The van der Waals surface area contributed by atoms with E-state index in [1.807, 2.05) is 12.1 Å². The van der Waals surface area contributed by atoms with Crippen LogP contribution in [0, 0.1) is 0 Å². The molecule has 21 heavy (non-hydrogen) atoms. The third-order valence-corrected chi connectivity index (χ3v) is 3.18. The number of hydrogen-bond acceptors (Lipinski definition) is 6. The van der Waals surface area contributed by atoms with Gasteiger partial charge in [0, 0.05) is 16.4 Å². The van der Waals surface area contributed by atoms with Gasteiger partial charge in [-0.05, 0) is 48.7 Å². The van der Waals surface area contributed by atoms with Crippen molar-refractivity contribution in [3.8, 4) is 11.4 Å². The normalized spacial score (nSPS) is 10.9. The molecule has 3 rings (SSSR count). The van der Waals surface area contributed by atoms with Crippen LogP contribution in [0.15, 0.2) is 24.3 Å². The van der Waals surface area contributed by atoms with Crippen molar-refractivity contribution in [3.63, 3.8) is 0 Å². The third-order valence-electron chi connectivity index (χ3n) is 2.92. The number of aromatic nitrogens is 8. The molecule has 0 aliphatic carbocycles. The molecular formula is C12H12ClN8-. The van der Waals surface area contributed by atoms with E-state index >= 15 is 0 Å². The first-order valence-electron chi connectivity index (χ1n) is 6.52. The Bertz CT molecular complexity index is 676. The number of unbranched alkanes of at least 4 members (excludes halogenated alkanes) is 1. The van der Waals surface area contributed by atoms with E-state index in [0.717, 1.165) is 24.8 Å². The zero-order chi connectivity index (χ0) is 14.5. The highest BCUT2D eigenvalue weighted by atomic mass is 35.5. The van der Waals surface area contributed by atoms with Crippen LogP contribution in [0.1, 0.15) is 18.7 Å². The fourth-order valence-electron chi connectivity index (χ4n) is 1.85. The van der Waals surface area contributed by atoms with Gasteiger partial charge < -0.3 is 5.10 Å². The summed E-state index contributed by atoms with van der Waals surface area (Å²) in [6, 6.07) is 7.35. The molecule has 3 aromatic rings. The summed E-state index contributed by atoms with van der Waals surface area (Å²) in [7, 11) is 0. The monoisotopic (exact) mass is 303 g/mol. The molecule has 0 aliphatic rings. The zero-order valence-electron chi connectivity index (χ0n) is 11.1. The fourth-order valence-corrected chi connectivity index (χ4v) is 1.98. The van der Waals surface area contributed by atoms with E-state index in [9.17, 15) is 0 Å². The molecular weight excluding hydrogens is 292 g/mol. The van der Waals surface area contributed by atoms with E-state index in [4.69, 9.17) is 11.6 Å². The molecule has 0 spiro atoms. The van der Waals surface area contributed by atoms with Crippen molar-refractivity contribution in [2.75, 3.05) is 0 Å². The molecule has 8 nitrogen and oxygen atoms in total. The second kappa shape index (κ2) is 6.40. The summed E-state index contributed by atoms with van der Waals surface area (Å²) in [5, 5.41) is 27.5. The van der Waals surface area contributed by atoms with Crippen LogP contribution < -0.4 is 5.10 Å². The summed E-state index contributed by atoms with van der Waals surface area (Å²) in [4.78, 5) is 1.59. The first kappa shape index (κ1) is 13.6. The number of halogens is 1. The number of nitrogens with zero attached hydrogens (tertiary/aromatic N) is 8. The van der Waals surface area contributed by atoms with Crippen LogP contribution in [0.4, 0.5) is 0 Å². The largest absolute Gasteiger partial charge is 0.335 e. The molecule has 0 amide bonds. The van der Waals surface area contributed by atoms with Crippen LogP contribution in [-0.4, -0.2) is 35.7 Å². The molecule has 1 aromatic carbocycles. The fraction of sp³-hybridized carbons (Fsp3) is 0.333. The first-order valence-corrected chi connectivity index (χ1v) is 6.90. The molecule has 0 N–H and O–H groups in total. The highest BCUT2D eigenvalue weighted by Crippen LogP contribution is 2.16. The van der Waals surface area contributed by atoms with Gasteiger partial charge in [-0.1, -0.05) is 11.6 Å². The van der Waals surface area contributed by atoms with Crippen molar-refractivity contribution in [1.29, 1.82) is 0 Å². The summed E-state index contributed by atoms with van der Waals surface area (Å²) in [6.07, 6.45) is 2.59. The zero-order valence-corrected chi connectivity index (χ0v) is 11.8. The second-order valence-corrected chi connectivity index (χ2v) is 4.90. The maximum Gasteiger partial charge on any atom is 0.204 e. The van der Waals surface area contributed by atoms with E-state index in [2.05, 4.69) is 36.0 Å². The minimum absolute atomic E-state index is 0.597. The van der Waals surface area contributed by atoms with Crippen LogP contribution in [0.5, 0.6) is 0 Å². The average Bonchev–Trinajstić information content (AvgIpc) is 3.16. The van der Waals surface area contributed by atoms with E-state index in [0.29, 0.717) is 23.2 Å². The lowest BCUT2D eigenvalue weighted by Gasteiger charge is -2.00.